The van der Waals surface area contributed by atoms with E-state index in [9.17, 15) is 27.9 Å². The number of aliphatic hydroxyl groups is 1. The van der Waals surface area contributed by atoms with Gasteiger partial charge in [0, 0.05) is 19.5 Å². The van der Waals surface area contributed by atoms with Gasteiger partial charge in [-0.05, 0) is 30.5 Å². The molecule has 0 radical (unpaired) electrons. The van der Waals surface area contributed by atoms with Crippen molar-refractivity contribution in [3.63, 3.8) is 0 Å². The number of likely N-dealkylation sites (tertiary alicyclic amines) is 1. The third-order valence-electron chi connectivity index (χ3n) is 4.22. The molecule has 0 saturated carbocycles. The lowest BCUT2D eigenvalue weighted by Gasteiger charge is -2.25. The number of nitrogens with one attached hydrogen (secondary N) is 1. The molecule has 2 N–H and O–H groups in total. The number of carbonyl (C=O) groups excluding carboxylic acids is 2. The minimum absolute atomic E-state index is 0.0736. The van der Waals surface area contributed by atoms with E-state index < -0.39 is 30.0 Å². The lowest BCUT2D eigenvalue weighted by Crippen LogP contribution is -2.32. The van der Waals surface area contributed by atoms with Crippen LogP contribution in [0.2, 0.25) is 0 Å². The Bertz CT molecular complexity index is 651. The molecule has 1 saturated heterocycles. The van der Waals surface area contributed by atoms with E-state index in [2.05, 4.69) is 10.1 Å². The topological polar surface area (TPSA) is 78.9 Å². The van der Waals surface area contributed by atoms with Gasteiger partial charge in [-0.1, -0.05) is 12.1 Å². The largest absolute Gasteiger partial charge is 0.453 e. The molecule has 1 fully saturated rings. The van der Waals surface area contributed by atoms with E-state index in [4.69, 9.17) is 0 Å². The standard InChI is InChI=1S/C17H21F3N2O4/c1-26-16(25)21-7-3-6-15(24)22-10-13(23)9-14(22)11-4-2-5-12(8-11)17(18,19)20/h2,4-5,8,13-14,23H,3,6-7,9-10H2,1H3,(H,21,25)/t13-,14+/m1/s1. The number of aliphatic hydroxyl groups excluding tert-OH is 1. The highest BCUT2D eigenvalue weighted by molar-refractivity contribution is 5.77. The number of amides is 2. The van der Waals surface area contributed by atoms with Crippen molar-refractivity contribution in [3.05, 3.63) is 35.4 Å². The van der Waals surface area contributed by atoms with Crippen LogP contribution >= 0.6 is 0 Å². The number of carbonyl (C=O) groups is 2. The normalized spacial score (nSPS) is 20.1. The van der Waals surface area contributed by atoms with E-state index in [0.29, 0.717) is 12.0 Å². The summed E-state index contributed by atoms with van der Waals surface area (Å²) in [4.78, 5) is 24.8. The smallest absolute Gasteiger partial charge is 0.416 e. The Morgan fingerprint density at radius 1 is 1.38 bits per heavy atom. The number of nitrogens with zero attached hydrogens (tertiary/aromatic N) is 1. The summed E-state index contributed by atoms with van der Waals surface area (Å²) in [6.45, 7) is 0.313. The van der Waals surface area contributed by atoms with E-state index in [1.54, 1.807) is 0 Å². The number of benzene rings is 1. The Kier molecular flexibility index (Phi) is 6.47. The summed E-state index contributed by atoms with van der Waals surface area (Å²) in [6.07, 6.45) is -5.21. The molecule has 1 aliphatic rings. The van der Waals surface area contributed by atoms with Gasteiger partial charge in [0.2, 0.25) is 5.91 Å². The van der Waals surface area contributed by atoms with Gasteiger partial charge in [0.1, 0.15) is 0 Å². The molecule has 1 aromatic carbocycles. The molecule has 144 valence electrons. The minimum atomic E-state index is -4.47. The first kappa shape index (κ1) is 20.0. The van der Waals surface area contributed by atoms with Gasteiger partial charge in [0.15, 0.2) is 0 Å². The van der Waals surface area contributed by atoms with Crippen LogP contribution in [0.4, 0.5) is 18.0 Å². The van der Waals surface area contributed by atoms with Gasteiger partial charge in [-0.3, -0.25) is 4.79 Å². The third kappa shape index (κ3) is 5.10. The number of alkyl halides is 3. The predicted molar refractivity (Wildman–Crippen MR) is 86.2 cm³/mol. The summed E-state index contributed by atoms with van der Waals surface area (Å²) in [5.74, 6) is -0.282. The SMILES string of the molecule is COC(=O)NCCCC(=O)N1C[C@H](O)C[C@H]1c1cccc(C(F)(F)F)c1. The molecule has 9 heteroatoms. The van der Waals surface area contributed by atoms with Crippen molar-refractivity contribution >= 4 is 12.0 Å². The van der Waals surface area contributed by atoms with Crippen LogP contribution in [0.1, 0.15) is 36.4 Å². The molecule has 1 aromatic rings. The zero-order chi connectivity index (χ0) is 19.3. The van der Waals surface area contributed by atoms with Crippen LogP contribution in [0, 0.1) is 0 Å². The van der Waals surface area contributed by atoms with Gasteiger partial charge in [-0.25, -0.2) is 4.79 Å². The molecule has 1 heterocycles. The summed E-state index contributed by atoms with van der Waals surface area (Å²) in [6, 6.07) is 4.21. The lowest BCUT2D eigenvalue weighted by atomic mass is 10.0. The highest BCUT2D eigenvalue weighted by Gasteiger charge is 2.37. The van der Waals surface area contributed by atoms with E-state index >= 15 is 0 Å². The summed E-state index contributed by atoms with van der Waals surface area (Å²) in [5, 5.41) is 12.3. The molecule has 0 unspecified atom stereocenters. The average Bonchev–Trinajstić information content (AvgIpc) is 2.99. The van der Waals surface area contributed by atoms with E-state index in [1.165, 1.54) is 24.1 Å². The zero-order valence-electron chi connectivity index (χ0n) is 14.3. The molecule has 0 bridgehead atoms. The van der Waals surface area contributed by atoms with Gasteiger partial charge in [-0.15, -0.1) is 0 Å². The fraction of sp³-hybridized carbons (Fsp3) is 0.529. The first-order chi connectivity index (χ1) is 12.2. The number of rotatable bonds is 5. The van der Waals surface area contributed by atoms with Gasteiger partial charge < -0.3 is 20.1 Å². The molecule has 2 amide bonds. The second kappa shape index (κ2) is 8.39. The van der Waals surface area contributed by atoms with Gasteiger partial charge >= 0.3 is 12.3 Å². The number of hydrogen-bond acceptors (Lipinski definition) is 4. The molecule has 26 heavy (non-hydrogen) atoms. The lowest BCUT2D eigenvalue weighted by molar-refractivity contribution is -0.137. The number of β-amino-alcohol motifs (C(OH)–C–C–N with tert-alkyl or cyclic N) is 1. The molecule has 2 atom stereocenters. The van der Waals surface area contributed by atoms with Crippen LogP contribution in [0.5, 0.6) is 0 Å². The Labute approximate surface area is 148 Å². The monoisotopic (exact) mass is 374 g/mol. The van der Waals surface area contributed by atoms with Crippen molar-refractivity contribution in [1.82, 2.24) is 10.2 Å². The summed E-state index contributed by atoms with van der Waals surface area (Å²) >= 11 is 0. The Hall–Kier alpha value is -2.29. The van der Waals surface area contributed by atoms with Crippen LogP contribution in [0.25, 0.3) is 0 Å². The summed E-state index contributed by atoms with van der Waals surface area (Å²) in [5.41, 5.74) is -0.441. The quantitative estimate of drug-likeness (QED) is 0.776. The Balaban J connectivity index is 2.04. The molecule has 0 aliphatic carbocycles. The second-order valence-electron chi connectivity index (χ2n) is 6.10. The highest BCUT2D eigenvalue weighted by atomic mass is 19.4. The van der Waals surface area contributed by atoms with Gasteiger partial charge in [0.25, 0.3) is 0 Å². The fourth-order valence-corrected chi connectivity index (χ4v) is 2.97. The Morgan fingerprint density at radius 2 is 2.12 bits per heavy atom. The summed E-state index contributed by atoms with van der Waals surface area (Å²) in [7, 11) is 1.23. The zero-order valence-corrected chi connectivity index (χ0v) is 14.3. The highest BCUT2D eigenvalue weighted by Crippen LogP contribution is 2.36. The first-order valence-electron chi connectivity index (χ1n) is 8.19. The van der Waals surface area contributed by atoms with Crippen LogP contribution in [0.3, 0.4) is 0 Å². The van der Waals surface area contributed by atoms with Crippen molar-refractivity contribution in [2.45, 2.75) is 37.6 Å². The molecular formula is C17H21F3N2O4. The van der Waals surface area contributed by atoms with Crippen molar-refractivity contribution in [2.24, 2.45) is 0 Å². The summed E-state index contributed by atoms with van der Waals surface area (Å²) < 4.78 is 43.2. The van der Waals surface area contributed by atoms with Crippen molar-refractivity contribution in [2.75, 3.05) is 20.2 Å². The van der Waals surface area contributed by atoms with Crippen LogP contribution in [-0.2, 0) is 15.7 Å². The second-order valence-corrected chi connectivity index (χ2v) is 6.10. The van der Waals surface area contributed by atoms with Gasteiger partial charge in [-0.2, -0.15) is 13.2 Å². The maximum atomic E-state index is 12.9. The molecule has 1 aliphatic heterocycles. The first-order valence-corrected chi connectivity index (χ1v) is 8.19. The number of methoxy groups -OCH3 is 1. The molecule has 0 spiro atoms. The van der Waals surface area contributed by atoms with Crippen molar-refractivity contribution < 1.29 is 32.6 Å². The van der Waals surface area contributed by atoms with Crippen molar-refractivity contribution in [1.29, 1.82) is 0 Å². The van der Waals surface area contributed by atoms with E-state index in [-0.39, 0.29) is 31.8 Å². The van der Waals surface area contributed by atoms with E-state index in [0.717, 1.165) is 12.1 Å². The fourth-order valence-electron chi connectivity index (χ4n) is 2.97. The van der Waals surface area contributed by atoms with Crippen LogP contribution in [0.15, 0.2) is 24.3 Å². The molecule has 0 aromatic heterocycles. The number of hydrogen-bond donors (Lipinski definition) is 2. The maximum absolute atomic E-state index is 12.9. The molecule has 2 rings (SSSR count). The Morgan fingerprint density at radius 3 is 2.77 bits per heavy atom. The number of alkyl carbamates (subject to hydrolysis) is 1. The number of halogens is 3. The van der Waals surface area contributed by atoms with Crippen LogP contribution in [-0.4, -0.2) is 48.3 Å². The predicted octanol–water partition coefficient (Wildman–Crippen LogP) is 2.48. The third-order valence-corrected chi connectivity index (χ3v) is 4.22. The number of ether oxygens (including phenoxy) is 1. The maximum Gasteiger partial charge on any atom is 0.416 e. The van der Waals surface area contributed by atoms with Crippen LogP contribution < -0.4 is 5.32 Å². The molecular weight excluding hydrogens is 353 g/mol. The van der Waals surface area contributed by atoms with E-state index in [1.807, 2.05) is 0 Å². The van der Waals surface area contributed by atoms with Gasteiger partial charge in [0.05, 0.1) is 24.8 Å². The minimum Gasteiger partial charge on any atom is -0.453 e. The van der Waals surface area contributed by atoms with Crippen molar-refractivity contribution in [3.8, 4) is 0 Å². The average molecular weight is 374 g/mol. The molecule has 6 nitrogen and oxygen atoms in total.